The third-order valence-electron chi connectivity index (χ3n) is 4.23. The van der Waals surface area contributed by atoms with Crippen molar-refractivity contribution in [2.45, 2.75) is 32.5 Å². The predicted molar refractivity (Wildman–Crippen MR) is 111 cm³/mol. The van der Waals surface area contributed by atoms with Crippen LogP contribution in [0.1, 0.15) is 31.1 Å². The Morgan fingerprint density at radius 2 is 1.82 bits per heavy atom. The standard InChI is InChI=1S/C22H30FN3O2/c1-3-24-22(25-14-13-18-9-11-20(23)12-10-18)26-15-21(27)16-28-17(2)19-7-5-4-6-8-19/h4-12,17,21,27H,3,13-16H2,1-2H3,(H2,24,25,26). The predicted octanol–water partition coefficient (Wildman–Crippen LogP) is 3.06. The number of halogens is 1. The van der Waals surface area contributed by atoms with Crippen LogP contribution < -0.4 is 10.6 Å². The van der Waals surface area contributed by atoms with E-state index < -0.39 is 6.10 Å². The van der Waals surface area contributed by atoms with Crippen LogP contribution in [0.3, 0.4) is 0 Å². The topological polar surface area (TPSA) is 65.9 Å². The van der Waals surface area contributed by atoms with Crippen molar-refractivity contribution < 1.29 is 14.2 Å². The van der Waals surface area contributed by atoms with Crippen molar-refractivity contribution in [2.75, 3.05) is 26.2 Å². The summed E-state index contributed by atoms with van der Waals surface area (Å²) in [5, 5.41) is 16.5. The smallest absolute Gasteiger partial charge is 0.191 e. The molecule has 5 nitrogen and oxygen atoms in total. The van der Waals surface area contributed by atoms with Gasteiger partial charge in [0.1, 0.15) is 5.82 Å². The zero-order valence-corrected chi connectivity index (χ0v) is 16.6. The van der Waals surface area contributed by atoms with Gasteiger partial charge in [0.2, 0.25) is 0 Å². The second kappa shape index (κ2) is 12.1. The van der Waals surface area contributed by atoms with E-state index in [2.05, 4.69) is 15.6 Å². The van der Waals surface area contributed by atoms with Crippen LogP contribution in [0.4, 0.5) is 4.39 Å². The minimum Gasteiger partial charge on any atom is -0.389 e. The summed E-state index contributed by atoms with van der Waals surface area (Å²) in [6, 6.07) is 16.4. The first-order chi connectivity index (χ1) is 13.6. The molecule has 0 saturated heterocycles. The van der Waals surface area contributed by atoms with Crippen molar-refractivity contribution in [3.8, 4) is 0 Å². The Balaban J connectivity index is 1.74. The van der Waals surface area contributed by atoms with Gasteiger partial charge in [-0.1, -0.05) is 42.5 Å². The lowest BCUT2D eigenvalue weighted by Crippen LogP contribution is -2.39. The lowest BCUT2D eigenvalue weighted by Gasteiger charge is -2.17. The zero-order chi connectivity index (χ0) is 20.2. The van der Waals surface area contributed by atoms with Crippen LogP contribution in [0.25, 0.3) is 0 Å². The molecule has 2 rings (SSSR count). The van der Waals surface area contributed by atoms with Crippen molar-refractivity contribution in [3.05, 3.63) is 71.5 Å². The quantitative estimate of drug-likeness (QED) is 0.433. The summed E-state index contributed by atoms with van der Waals surface area (Å²) in [5.41, 5.74) is 2.13. The number of nitrogens with zero attached hydrogens (tertiary/aromatic N) is 1. The fourth-order valence-corrected chi connectivity index (χ4v) is 2.64. The van der Waals surface area contributed by atoms with Crippen molar-refractivity contribution in [1.29, 1.82) is 0 Å². The van der Waals surface area contributed by atoms with Gasteiger partial charge >= 0.3 is 0 Å². The second-order valence-electron chi connectivity index (χ2n) is 6.56. The van der Waals surface area contributed by atoms with E-state index in [1.165, 1.54) is 12.1 Å². The number of aliphatic hydroxyl groups is 1. The first kappa shape index (κ1) is 21.9. The fourth-order valence-electron chi connectivity index (χ4n) is 2.64. The average Bonchev–Trinajstić information content (AvgIpc) is 2.72. The van der Waals surface area contributed by atoms with E-state index in [1.807, 2.05) is 44.2 Å². The fraction of sp³-hybridized carbons (Fsp3) is 0.409. The third-order valence-corrected chi connectivity index (χ3v) is 4.23. The van der Waals surface area contributed by atoms with Crippen molar-refractivity contribution in [2.24, 2.45) is 4.99 Å². The Hall–Kier alpha value is -2.44. The van der Waals surface area contributed by atoms with Gasteiger partial charge in [0.25, 0.3) is 0 Å². The molecular formula is C22H30FN3O2. The number of aliphatic hydroxyl groups excluding tert-OH is 1. The SMILES string of the molecule is CCNC(=NCC(O)COC(C)c1ccccc1)NCCc1ccc(F)cc1. The lowest BCUT2D eigenvalue weighted by atomic mass is 10.1. The summed E-state index contributed by atoms with van der Waals surface area (Å²) in [7, 11) is 0. The monoisotopic (exact) mass is 387 g/mol. The maximum absolute atomic E-state index is 12.9. The molecule has 2 atom stereocenters. The van der Waals surface area contributed by atoms with Crippen molar-refractivity contribution in [1.82, 2.24) is 10.6 Å². The van der Waals surface area contributed by atoms with E-state index >= 15 is 0 Å². The highest BCUT2D eigenvalue weighted by Gasteiger charge is 2.10. The Labute approximate surface area is 166 Å². The number of hydrogen-bond donors (Lipinski definition) is 3. The van der Waals surface area contributed by atoms with E-state index in [9.17, 15) is 9.50 Å². The maximum atomic E-state index is 12.9. The van der Waals surface area contributed by atoms with Gasteiger partial charge in [0.15, 0.2) is 5.96 Å². The molecule has 0 saturated carbocycles. The highest BCUT2D eigenvalue weighted by atomic mass is 19.1. The number of hydrogen-bond acceptors (Lipinski definition) is 3. The first-order valence-electron chi connectivity index (χ1n) is 9.69. The Morgan fingerprint density at radius 1 is 1.11 bits per heavy atom. The molecule has 0 aliphatic rings. The summed E-state index contributed by atoms with van der Waals surface area (Å²) < 4.78 is 18.7. The van der Waals surface area contributed by atoms with Gasteiger partial charge in [0, 0.05) is 13.1 Å². The van der Waals surface area contributed by atoms with Crippen LogP contribution in [0.2, 0.25) is 0 Å². The molecule has 0 heterocycles. The third kappa shape index (κ3) is 8.06. The van der Waals surface area contributed by atoms with Crippen LogP contribution in [-0.2, 0) is 11.2 Å². The minimum atomic E-state index is -0.682. The van der Waals surface area contributed by atoms with E-state index in [0.717, 1.165) is 24.1 Å². The summed E-state index contributed by atoms with van der Waals surface area (Å²) >= 11 is 0. The van der Waals surface area contributed by atoms with E-state index in [1.54, 1.807) is 12.1 Å². The molecule has 3 N–H and O–H groups in total. The Bertz CT molecular complexity index is 707. The highest BCUT2D eigenvalue weighted by molar-refractivity contribution is 5.79. The van der Waals surface area contributed by atoms with Crippen LogP contribution in [0, 0.1) is 5.82 Å². The largest absolute Gasteiger partial charge is 0.389 e. The van der Waals surface area contributed by atoms with Crippen molar-refractivity contribution >= 4 is 5.96 Å². The number of ether oxygens (including phenoxy) is 1. The summed E-state index contributed by atoms with van der Waals surface area (Å²) in [4.78, 5) is 4.41. The molecule has 152 valence electrons. The lowest BCUT2D eigenvalue weighted by molar-refractivity contribution is 0.00112. The average molecular weight is 387 g/mol. The zero-order valence-electron chi connectivity index (χ0n) is 16.6. The van der Waals surface area contributed by atoms with Gasteiger partial charge in [-0.15, -0.1) is 0 Å². The summed E-state index contributed by atoms with van der Waals surface area (Å²) in [5.74, 6) is 0.407. The van der Waals surface area contributed by atoms with Gasteiger partial charge in [-0.05, 0) is 43.5 Å². The van der Waals surface area contributed by atoms with Gasteiger partial charge in [0.05, 0.1) is 25.4 Å². The molecule has 6 heteroatoms. The molecule has 28 heavy (non-hydrogen) atoms. The van der Waals surface area contributed by atoms with Gasteiger partial charge in [-0.3, -0.25) is 4.99 Å². The van der Waals surface area contributed by atoms with Crippen LogP contribution >= 0.6 is 0 Å². The van der Waals surface area contributed by atoms with Crippen LogP contribution in [-0.4, -0.2) is 43.4 Å². The molecule has 0 spiro atoms. The second-order valence-corrected chi connectivity index (χ2v) is 6.56. The van der Waals surface area contributed by atoms with E-state index in [4.69, 9.17) is 4.74 Å². The summed E-state index contributed by atoms with van der Waals surface area (Å²) in [6.45, 7) is 5.79. The number of aliphatic imine (C=N–C) groups is 1. The molecule has 0 fully saturated rings. The van der Waals surface area contributed by atoms with E-state index in [0.29, 0.717) is 12.5 Å². The Kier molecular flexibility index (Phi) is 9.45. The van der Waals surface area contributed by atoms with Gasteiger partial charge in [-0.25, -0.2) is 4.39 Å². The molecule has 2 aromatic carbocycles. The molecular weight excluding hydrogens is 357 g/mol. The molecule has 2 unspecified atom stereocenters. The molecule has 0 amide bonds. The van der Waals surface area contributed by atoms with Gasteiger partial charge in [-0.2, -0.15) is 0 Å². The van der Waals surface area contributed by atoms with E-state index in [-0.39, 0.29) is 25.1 Å². The molecule has 2 aromatic rings. The minimum absolute atomic E-state index is 0.0816. The normalized spacial score (nSPS) is 13.8. The number of nitrogens with one attached hydrogen (secondary N) is 2. The van der Waals surface area contributed by atoms with Gasteiger partial charge < -0.3 is 20.5 Å². The maximum Gasteiger partial charge on any atom is 0.191 e. The van der Waals surface area contributed by atoms with Crippen molar-refractivity contribution in [3.63, 3.8) is 0 Å². The molecule has 0 radical (unpaired) electrons. The first-order valence-corrected chi connectivity index (χ1v) is 9.69. The molecule has 0 aliphatic heterocycles. The number of benzene rings is 2. The number of guanidine groups is 1. The van der Waals surface area contributed by atoms with Crippen LogP contribution in [0.15, 0.2) is 59.6 Å². The molecule has 0 bridgehead atoms. The molecule has 0 aliphatic carbocycles. The van der Waals surface area contributed by atoms with Crippen LogP contribution in [0.5, 0.6) is 0 Å². The highest BCUT2D eigenvalue weighted by Crippen LogP contribution is 2.15. The Morgan fingerprint density at radius 3 is 2.50 bits per heavy atom. The molecule has 0 aromatic heterocycles. The number of rotatable bonds is 10. The summed E-state index contributed by atoms with van der Waals surface area (Å²) in [6.07, 6.45) is -0.00841.